The molecule has 0 aliphatic heterocycles. The molecule has 5 rings (SSSR count). The van der Waals surface area contributed by atoms with Crippen molar-refractivity contribution in [3.05, 3.63) is 123 Å². The Hall–Kier alpha value is -3.99. The Kier molecular flexibility index (Phi) is 4.71. The van der Waals surface area contributed by atoms with Crippen LogP contribution in [0.2, 0.25) is 0 Å². The van der Waals surface area contributed by atoms with Crippen molar-refractivity contribution in [3.63, 3.8) is 0 Å². The van der Waals surface area contributed by atoms with Gasteiger partial charge < -0.3 is 4.74 Å². The van der Waals surface area contributed by atoms with Gasteiger partial charge in [-0.05, 0) is 47.2 Å². The standard InChI is InChI=1S/C26H19NO4/c28-26(18-10-13-21(14-11-18)27(29)30)31-25-23(17-6-2-1-3-7-17)15-12-20-16-19-8-4-5-9-22(19)24(20)25/h1-11,13-14,16,24H,12,15H2/t24-/m0/s1. The highest BCUT2D eigenvalue weighted by molar-refractivity contribution is 5.92. The van der Waals surface area contributed by atoms with E-state index >= 15 is 0 Å². The number of non-ortho nitro benzene ring substituents is 1. The van der Waals surface area contributed by atoms with Gasteiger partial charge in [0.15, 0.2) is 0 Å². The van der Waals surface area contributed by atoms with Gasteiger partial charge in [-0.25, -0.2) is 4.79 Å². The minimum absolute atomic E-state index is 0.0617. The lowest BCUT2D eigenvalue weighted by atomic mass is 9.80. The zero-order chi connectivity index (χ0) is 21.4. The molecule has 2 aliphatic carbocycles. The van der Waals surface area contributed by atoms with Crippen LogP contribution in [0.3, 0.4) is 0 Å². The summed E-state index contributed by atoms with van der Waals surface area (Å²) >= 11 is 0. The molecule has 2 aliphatic rings. The third-order valence-electron chi connectivity index (χ3n) is 5.88. The average molecular weight is 409 g/mol. The monoisotopic (exact) mass is 409 g/mol. The van der Waals surface area contributed by atoms with Gasteiger partial charge in [0.1, 0.15) is 5.76 Å². The van der Waals surface area contributed by atoms with Crippen LogP contribution in [0.4, 0.5) is 5.69 Å². The van der Waals surface area contributed by atoms with Gasteiger partial charge in [-0.3, -0.25) is 10.1 Å². The van der Waals surface area contributed by atoms with Crippen LogP contribution in [0.1, 0.15) is 45.8 Å². The van der Waals surface area contributed by atoms with E-state index in [1.807, 2.05) is 42.5 Å². The van der Waals surface area contributed by atoms with Crippen molar-refractivity contribution in [2.75, 3.05) is 0 Å². The first-order valence-corrected chi connectivity index (χ1v) is 10.2. The molecule has 0 heterocycles. The number of fused-ring (bicyclic) bond motifs is 3. The second-order valence-corrected chi connectivity index (χ2v) is 7.68. The summed E-state index contributed by atoms with van der Waals surface area (Å²) in [6.45, 7) is 0. The minimum atomic E-state index is -0.510. The number of hydrogen-bond donors (Lipinski definition) is 0. The molecule has 0 amide bonds. The number of nitrogens with zero attached hydrogens (tertiary/aromatic N) is 1. The third-order valence-corrected chi connectivity index (χ3v) is 5.88. The van der Waals surface area contributed by atoms with Crippen LogP contribution in [0.25, 0.3) is 11.6 Å². The molecular formula is C26H19NO4. The summed E-state index contributed by atoms with van der Waals surface area (Å²) in [5, 5.41) is 10.9. The molecule has 0 radical (unpaired) electrons. The van der Waals surface area contributed by atoms with E-state index < -0.39 is 10.9 Å². The highest BCUT2D eigenvalue weighted by Gasteiger charge is 2.36. The number of hydrogen-bond acceptors (Lipinski definition) is 4. The lowest BCUT2D eigenvalue weighted by Crippen LogP contribution is -2.17. The van der Waals surface area contributed by atoms with Gasteiger partial charge in [0.2, 0.25) is 0 Å². The third kappa shape index (κ3) is 3.44. The average Bonchev–Trinajstić information content (AvgIpc) is 3.19. The van der Waals surface area contributed by atoms with Gasteiger partial charge >= 0.3 is 5.97 Å². The molecule has 3 aromatic rings. The predicted molar refractivity (Wildman–Crippen MR) is 118 cm³/mol. The molecule has 0 fully saturated rings. The Bertz CT molecular complexity index is 1240. The first-order chi connectivity index (χ1) is 15.1. The van der Waals surface area contributed by atoms with E-state index in [1.54, 1.807) is 0 Å². The Morgan fingerprint density at radius 1 is 0.903 bits per heavy atom. The van der Waals surface area contributed by atoms with Gasteiger partial charge in [-0.2, -0.15) is 0 Å². The molecule has 3 aromatic carbocycles. The Morgan fingerprint density at radius 2 is 1.61 bits per heavy atom. The summed E-state index contributed by atoms with van der Waals surface area (Å²) in [6, 6.07) is 23.7. The van der Waals surface area contributed by atoms with Crippen molar-refractivity contribution in [1.82, 2.24) is 0 Å². The van der Waals surface area contributed by atoms with Crippen LogP contribution >= 0.6 is 0 Å². The second-order valence-electron chi connectivity index (χ2n) is 7.68. The van der Waals surface area contributed by atoms with Gasteiger partial charge in [-0.15, -0.1) is 0 Å². The molecule has 1 atom stereocenters. The smallest absolute Gasteiger partial charge is 0.343 e. The van der Waals surface area contributed by atoms with Crippen molar-refractivity contribution in [1.29, 1.82) is 0 Å². The maximum absolute atomic E-state index is 13.0. The number of nitro groups is 1. The molecular weight excluding hydrogens is 390 g/mol. The molecule has 0 unspecified atom stereocenters. The van der Waals surface area contributed by atoms with E-state index in [4.69, 9.17) is 4.74 Å². The fourth-order valence-corrected chi connectivity index (χ4v) is 4.41. The fraction of sp³-hybridized carbons (Fsp3) is 0.115. The van der Waals surface area contributed by atoms with E-state index in [0.29, 0.717) is 5.76 Å². The zero-order valence-corrected chi connectivity index (χ0v) is 16.7. The molecule has 0 spiro atoms. The normalized spacial score (nSPS) is 16.9. The number of carbonyl (C=O) groups is 1. The van der Waals surface area contributed by atoms with Gasteiger partial charge in [0.25, 0.3) is 5.69 Å². The summed E-state index contributed by atoms with van der Waals surface area (Å²) in [6.07, 6.45) is 3.88. The lowest BCUT2D eigenvalue weighted by molar-refractivity contribution is -0.384. The molecule has 31 heavy (non-hydrogen) atoms. The number of carbonyl (C=O) groups excluding carboxylic acids is 1. The molecule has 0 saturated heterocycles. The van der Waals surface area contributed by atoms with Crippen LogP contribution in [-0.4, -0.2) is 10.9 Å². The Labute approximate surface area is 179 Å². The van der Waals surface area contributed by atoms with Gasteiger partial charge in [-0.1, -0.05) is 66.2 Å². The summed E-state index contributed by atoms with van der Waals surface area (Å²) in [5.41, 5.74) is 5.82. The lowest BCUT2D eigenvalue weighted by Gasteiger charge is -2.28. The highest BCUT2D eigenvalue weighted by Crippen LogP contribution is 2.50. The van der Waals surface area contributed by atoms with Crippen molar-refractivity contribution < 1.29 is 14.5 Å². The quantitative estimate of drug-likeness (QED) is 0.295. The van der Waals surface area contributed by atoms with Crippen molar-refractivity contribution in [2.45, 2.75) is 18.8 Å². The molecule has 0 saturated carbocycles. The molecule has 5 heteroatoms. The number of rotatable bonds is 4. The first kappa shape index (κ1) is 19.0. The van der Waals surface area contributed by atoms with E-state index in [-0.39, 0.29) is 17.2 Å². The molecule has 0 aromatic heterocycles. The van der Waals surface area contributed by atoms with Crippen molar-refractivity contribution in [3.8, 4) is 0 Å². The summed E-state index contributed by atoms with van der Waals surface area (Å²) in [4.78, 5) is 23.5. The largest absolute Gasteiger partial charge is 0.426 e. The van der Waals surface area contributed by atoms with Crippen LogP contribution in [0.15, 0.2) is 90.2 Å². The van der Waals surface area contributed by atoms with E-state index in [9.17, 15) is 14.9 Å². The van der Waals surface area contributed by atoms with Gasteiger partial charge in [0, 0.05) is 12.1 Å². The topological polar surface area (TPSA) is 69.4 Å². The number of benzene rings is 3. The summed E-state index contributed by atoms with van der Waals surface area (Å²) in [5.74, 6) is 0.0446. The maximum atomic E-state index is 13.0. The fourth-order valence-electron chi connectivity index (χ4n) is 4.41. The highest BCUT2D eigenvalue weighted by atomic mass is 16.6. The van der Waals surface area contributed by atoms with Crippen LogP contribution in [0.5, 0.6) is 0 Å². The molecule has 0 bridgehead atoms. The summed E-state index contributed by atoms with van der Waals surface area (Å²) in [7, 11) is 0. The van der Waals surface area contributed by atoms with Crippen molar-refractivity contribution >= 4 is 23.3 Å². The SMILES string of the molecule is O=C(OC1=C(c2ccccc2)CCC2=Cc3ccccc3[C@H]21)c1ccc([N+](=O)[O-])cc1. The van der Waals surface area contributed by atoms with E-state index in [0.717, 1.165) is 35.1 Å². The zero-order valence-electron chi connectivity index (χ0n) is 16.7. The number of nitro benzene ring substituents is 1. The molecule has 0 N–H and O–H groups in total. The Morgan fingerprint density at radius 3 is 2.35 bits per heavy atom. The van der Waals surface area contributed by atoms with E-state index in [2.05, 4.69) is 18.2 Å². The number of allylic oxidation sites excluding steroid dienone is 2. The first-order valence-electron chi connectivity index (χ1n) is 10.2. The number of esters is 1. The predicted octanol–water partition coefficient (Wildman–Crippen LogP) is 6.14. The summed E-state index contributed by atoms with van der Waals surface area (Å²) < 4.78 is 6.05. The van der Waals surface area contributed by atoms with Crippen molar-refractivity contribution in [2.24, 2.45) is 0 Å². The Balaban J connectivity index is 1.57. The maximum Gasteiger partial charge on any atom is 0.343 e. The van der Waals surface area contributed by atoms with E-state index in [1.165, 1.54) is 29.8 Å². The molecule has 152 valence electrons. The van der Waals surface area contributed by atoms with Gasteiger partial charge in [0.05, 0.1) is 16.4 Å². The van der Waals surface area contributed by atoms with Crippen LogP contribution in [0, 0.1) is 10.1 Å². The molecule has 5 nitrogen and oxygen atoms in total. The van der Waals surface area contributed by atoms with Crippen LogP contribution in [-0.2, 0) is 4.74 Å². The minimum Gasteiger partial charge on any atom is -0.426 e. The van der Waals surface area contributed by atoms with Crippen LogP contribution < -0.4 is 0 Å². The number of ether oxygens (including phenoxy) is 1. The second kappa shape index (κ2) is 7.69.